The summed E-state index contributed by atoms with van der Waals surface area (Å²) in [7, 11) is 0. The van der Waals surface area contributed by atoms with Crippen LogP contribution in [-0.4, -0.2) is 24.1 Å². The van der Waals surface area contributed by atoms with Crippen LogP contribution in [0.25, 0.3) is 0 Å². The van der Waals surface area contributed by atoms with Gasteiger partial charge >= 0.3 is 6.03 Å². The first-order valence-electron chi connectivity index (χ1n) is 8.52. The zero-order chi connectivity index (χ0) is 17.6. The zero-order valence-corrected chi connectivity index (χ0v) is 14.2. The highest BCUT2D eigenvalue weighted by molar-refractivity contribution is 5.89. The van der Waals surface area contributed by atoms with Gasteiger partial charge in [0, 0.05) is 12.2 Å². The summed E-state index contributed by atoms with van der Waals surface area (Å²) in [4.78, 5) is 14.5. The molecule has 1 fully saturated rings. The van der Waals surface area contributed by atoms with Crippen LogP contribution in [0.1, 0.15) is 36.9 Å². The average molecular weight is 335 g/mol. The molecular formula is C20H21N3O2. The van der Waals surface area contributed by atoms with E-state index in [1.165, 1.54) is 0 Å². The van der Waals surface area contributed by atoms with Crippen molar-refractivity contribution in [3.05, 3.63) is 59.7 Å². The van der Waals surface area contributed by atoms with Gasteiger partial charge in [0.05, 0.1) is 24.3 Å². The Labute approximate surface area is 147 Å². The van der Waals surface area contributed by atoms with E-state index in [0.717, 1.165) is 30.7 Å². The third kappa shape index (κ3) is 3.92. The molecule has 0 aromatic heterocycles. The van der Waals surface area contributed by atoms with E-state index in [2.05, 4.69) is 11.4 Å². The highest BCUT2D eigenvalue weighted by Gasteiger charge is 2.30. The molecule has 1 aliphatic heterocycles. The van der Waals surface area contributed by atoms with Crippen LogP contribution in [0.3, 0.4) is 0 Å². The molecule has 1 atom stereocenters. The van der Waals surface area contributed by atoms with Gasteiger partial charge in [-0.1, -0.05) is 12.1 Å². The van der Waals surface area contributed by atoms with Crippen molar-refractivity contribution in [3.8, 4) is 11.8 Å². The lowest BCUT2D eigenvalue weighted by Crippen LogP contribution is -2.34. The van der Waals surface area contributed by atoms with Gasteiger partial charge in [-0.15, -0.1) is 0 Å². The first kappa shape index (κ1) is 16.8. The molecule has 128 valence electrons. The maximum Gasteiger partial charge on any atom is 0.322 e. The summed E-state index contributed by atoms with van der Waals surface area (Å²) in [5, 5.41) is 11.8. The molecule has 1 N–H and O–H groups in total. The Morgan fingerprint density at radius 2 is 1.96 bits per heavy atom. The predicted molar refractivity (Wildman–Crippen MR) is 96.5 cm³/mol. The van der Waals surface area contributed by atoms with Crippen LogP contribution < -0.4 is 10.1 Å². The molecule has 25 heavy (non-hydrogen) atoms. The van der Waals surface area contributed by atoms with E-state index in [-0.39, 0.29) is 12.1 Å². The monoisotopic (exact) mass is 335 g/mol. The molecule has 1 aliphatic rings. The molecule has 1 saturated heterocycles. The van der Waals surface area contributed by atoms with Crippen LogP contribution in [0.4, 0.5) is 10.5 Å². The number of nitriles is 1. The van der Waals surface area contributed by atoms with Crippen LogP contribution in [0.15, 0.2) is 48.5 Å². The number of benzene rings is 2. The summed E-state index contributed by atoms with van der Waals surface area (Å²) in [5.41, 5.74) is 2.39. The number of likely N-dealkylation sites (tertiary alicyclic amines) is 1. The van der Waals surface area contributed by atoms with Crippen LogP contribution in [-0.2, 0) is 0 Å². The number of nitrogens with one attached hydrogen (secondary N) is 1. The highest BCUT2D eigenvalue weighted by atomic mass is 16.5. The number of carbonyl (C=O) groups is 1. The molecule has 0 saturated carbocycles. The highest BCUT2D eigenvalue weighted by Crippen LogP contribution is 2.33. The minimum absolute atomic E-state index is 0.0778. The second-order valence-electron chi connectivity index (χ2n) is 5.97. The number of hydrogen-bond acceptors (Lipinski definition) is 3. The third-order valence-corrected chi connectivity index (χ3v) is 4.35. The molecule has 0 bridgehead atoms. The van der Waals surface area contributed by atoms with Crippen LogP contribution in [0.5, 0.6) is 5.75 Å². The number of nitrogens with zero attached hydrogens (tertiary/aromatic N) is 2. The molecule has 5 heteroatoms. The summed E-state index contributed by atoms with van der Waals surface area (Å²) in [6.45, 7) is 3.34. The number of ether oxygens (including phenoxy) is 1. The molecule has 2 aromatic carbocycles. The van der Waals surface area contributed by atoms with Gasteiger partial charge in [0.25, 0.3) is 0 Å². The van der Waals surface area contributed by atoms with E-state index in [1.54, 1.807) is 24.3 Å². The van der Waals surface area contributed by atoms with Crippen molar-refractivity contribution in [2.45, 2.75) is 25.8 Å². The molecule has 2 amide bonds. The van der Waals surface area contributed by atoms with Gasteiger partial charge in [-0.2, -0.15) is 5.26 Å². The lowest BCUT2D eigenvalue weighted by molar-refractivity contribution is 0.207. The molecule has 2 aromatic rings. The Morgan fingerprint density at radius 3 is 2.60 bits per heavy atom. The Balaban J connectivity index is 1.69. The second-order valence-corrected chi connectivity index (χ2v) is 5.97. The number of carbonyl (C=O) groups excluding carboxylic acids is 1. The van der Waals surface area contributed by atoms with Crippen molar-refractivity contribution in [3.63, 3.8) is 0 Å². The summed E-state index contributed by atoms with van der Waals surface area (Å²) >= 11 is 0. The molecule has 1 heterocycles. The van der Waals surface area contributed by atoms with Crippen LogP contribution in [0.2, 0.25) is 0 Å². The maximum absolute atomic E-state index is 12.6. The molecule has 0 radical (unpaired) electrons. The van der Waals surface area contributed by atoms with Crippen molar-refractivity contribution in [2.24, 2.45) is 0 Å². The van der Waals surface area contributed by atoms with E-state index in [4.69, 9.17) is 10.00 Å². The summed E-state index contributed by atoms with van der Waals surface area (Å²) in [6.07, 6.45) is 1.94. The summed E-state index contributed by atoms with van der Waals surface area (Å²) in [5.74, 6) is 0.845. The SMILES string of the molecule is CCOc1ccc(C2CCCN2C(=O)Nc2ccc(C#N)cc2)cc1. The fraction of sp³-hybridized carbons (Fsp3) is 0.300. The topological polar surface area (TPSA) is 65.4 Å². The minimum atomic E-state index is -0.110. The molecule has 0 spiro atoms. The quantitative estimate of drug-likeness (QED) is 0.904. The lowest BCUT2D eigenvalue weighted by Gasteiger charge is -2.25. The van der Waals surface area contributed by atoms with Gasteiger partial charge in [0.1, 0.15) is 5.75 Å². The Kier molecular flexibility index (Phi) is 5.20. The second kappa shape index (κ2) is 7.71. The van der Waals surface area contributed by atoms with Gasteiger partial charge < -0.3 is 15.0 Å². The molecular weight excluding hydrogens is 314 g/mol. The smallest absolute Gasteiger partial charge is 0.322 e. The van der Waals surface area contributed by atoms with Crippen molar-refractivity contribution >= 4 is 11.7 Å². The average Bonchev–Trinajstić information content (AvgIpc) is 3.13. The van der Waals surface area contributed by atoms with Crippen molar-refractivity contribution in [1.29, 1.82) is 5.26 Å². The van der Waals surface area contributed by atoms with Crippen molar-refractivity contribution < 1.29 is 9.53 Å². The number of anilines is 1. The van der Waals surface area contributed by atoms with Gasteiger partial charge in [-0.25, -0.2) is 4.79 Å². The molecule has 5 nitrogen and oxygen atoms in total. The van der Waals surface area contributed by atoms with Crippen molar-refractivity contribution in [1.82, 2.24) is 4.90 Å². The van der Waals surface area contributed by atoms with Gasteiger partial charge in [-0.05, 0) is 61.7 Å². The number of hydrogen-bond donors (Lipinski definition) is 1. The van der Waals surface area contributed by atoms with E-state index in [0.29, 0.717) is 17.9 Å². The zero-order valence-electron chi connectivity index (χ0n) is 14.2. The fourth-order valence-corrected chi connectivity index (χ4v) is 3.13. The van der Waals surface area contributed by atoms with E-state index >= 15 is 0 Å². The fourth-order valence-electron chi connectivity index (χ4n) is 3.13. The maximum atomic E-state index is 12.6. The molecule has 0 aliphatic carbocycles. The lowest BCUT2D eigenvalue weighted by atomic mass is 10.0. The van der Waals surface area contributed by atoms with E-state index in [1.807, 2.05) is 36.1 Å². The Morgan fingerprint density at radius 1 is 1.24 bits per heavy atom. The summed E-state index contributed by atoms with van der Waals surface area (Å²) in [6, 6.07) is 16.9. The first-order chi connectivity index (χ1) is 12.2. The number of amides is 2. The normalized spacial score (nSPS) is 16.3. The van der Waals surface area contributed by atoms with E-state index < -0.39 is 0 Å². The molecule has 3 rings (SSSR count). The first-order valence-corrected chi connectivity index (χ1v) is 8.52. The summed E-state index contributed by atoms with van der Waals surface area (Å²) < 4.78 is 5.48. The Bertz CT molecular complexity index is 763. The van der Waals surface area contributed by atoms with Gasteiger partial charge in [-0.3, -0.25) is 0 Å². The largest absolute Gasteiger partial charge is 0.494 e. The van der Waals surface area contributed by atoms with Gasteiger partial charge in [0.2, 0.25) is 0 Å². The van der Waals surface area contributed by atoms with Crippen LogP contribution >= 0.6 is 0 Å². The van der Waals surface area contributed by atoms with Gasteiger partial charge in [0.15, 0.2) is 0 Å². The predicted octanol–water partition coefficient (Wildman–Crippen LogP) is 4.33. The number of rotatable bonds is 4. The number of urea groups is 1. The van der Waals surface area contributed by atoms with Crippen molar-refractivity contribution in [2.75, 3.05) is 18.5 Å². The third-order valence-electron chi connectivity index (χ3n) is 4.35. The standard InChI is InChI=1S/C20H21N3O2/c1-2-25-18-11-7-16(8-12-18)19-4-3-13-23(19)20(24)22-17-9-5-15(14-21)6-10-17/h5-12,19H,2-4,13H2,1H3,(H,22,24). The molecule has 1 unspecified atom stereocenters. The van der Waals surface area contributed by atoms with E-state index in [9.17, 15) is 4.79 Å². The minimum Gasteiger partial charge on any atom is -0.494 e. The van der Waals surface area contributed by atoms with Crippen LogP contribution in [0, 0.1) is 11.3 Å². The Hall–Kier alpha value is -3.00.